The molecule has 2 aromatic carbocycles. The number of sulfonamides is 1. The Balaban J connectivity index is 1.93. The van der Waals surface area contributed by atoms with Gasteiger partial charge in [0.1, 0.15) is 23.4 Å². The maximum Gasteiger partial charge on any atom is 0.409 e. The first-order valence-electron chi connectivity index (χ1n) is 10.1. The molecule has 1 atom stereocenters. The molecular formula is C21H24FN3O7S. The first kappa shape index (κ1) is 24.2. The van der Waals surface area contributed by atoms with Gasteiger partial charge in [-0.15, -0.1) is 0 Å². The van der Waals surface area contributed by atoms with Gasteiger partial charge in [0.2, 0.25) is 0 Å². The van der Waals surface area contributed by atoms with E-state index in [1.807, 2.05) is 13.8 Å². The van der Waals surface area contributed by atoms with E-state index in [-0.39, 0.29) is 47.6 Å². The van der Waals surface area contributed by atoms with Gasteiger partial charge in [0, 0.05) is 19.2 Å². The third kappa shape index (κ3) is 5.51. The molecule has 1 heterocycles. The number of anilines is 1. The molecule has 1 amide bonds. The number of non-ortho nitro benzene ring substituents is 1. The number of nitro benzene ring substituents is 1. The Kier molecular flexibility index (Phi) is 7.06. The Morgan fingerprint density at radius 2 is 1.97 bits per heavy atom. The lowest BCUT2D eigenvalue weighted by atomic mass is 10.2. The topological polar surface area (TPSA) is 119 Å². The lowest BCUT2D eigenvalue weighted by Crippen LogP contribution is -2.49. The Morgan fingerprint density at radius 3 is 2.58 bits per heavy atom. The molecule has 1 aliphatic rings. The van der Waals surface area contributed by atoms with Crippen molar-refractivity contribution < 1.29 is 32.0 Å². The van der Waals surface area contributed by atoms with Crippen molar-refractivity contribution in [3.8, 4) is 5.75 Å². The smallest absolute Gasteiger partial charge is 0.409 e. The molecule has 0 saturated carbocycles. The summed E-state index contributed by atoms with van der Waals surface area (Å²) in [5.74, 6) is -0.356. The fourth-order valence-electron chi connectivity index (χ4n) is 3.20. The van der Waals surface area contributed by atoms with Gasteiger partial charge in [-0.1, -0.05) is 13.8 Å². The van der Waals surface area contributed by atoms with Crippen LogP contribution >= 0.6 is 0 Å². The normalized spacial score (nSPS) is 15.5. The third-order valence-electron chi connectivity index (χ3n) is 4.82. The van der Waals surface area contributed by atoms with E-state index < -0.39 is 33.0 Å². The van der Waals surface area contributed by atoms with E-state index in [4.69, 9.17) is 9.47 Å². The molecule has 0 aliphatic carbocycles. The molecule has 1 unspecified atom stereocenters. The van der Waals surface area contributed by atoms with E-state index >= 15 is 0 Å². The number of nitro groups is 1. The van der Waals surface area contributed by atoms with Crippen LogP contribution in [0.5, 0.6) is 5.75 Å². The van der Waals surface area contributed by atoms with Crippen molar-refractivity contribution in [2.75, 3.05) is 31.0 Å². The van der Waals surface area contributed by atoms with Crippen molar-refractivity contribution in [3.63, 3.8) is 0 Å². The lowest BCUT2D eigenvalue weighted by Gasteiger charge is -2.36. The number of hydrogen-bond donors (Lipinski definition) is 0. The summed E-state index contributed by atoms with van der Waals surface area (Å²) in [6.07, 6.45) is -1.37. The monoisotopic (exact) mass is 481 g/mol. The standard InChI is InChI=1S/C21H24FN3O7S/c1-14(2)13-31-21(26)23(3)11-17-12-24(33(29,30)18-7-4-15(22)5-8-18)19-10-16(25(27)28)6-9-20(19)32-17/h4-10,14,17H,11-13H2,1-3H3. The molecule has 0 bridgehead atoms. The van der Waals surface area contributed by atoms with Gasteiger partial charge < -0.3 is 14.4 Å². The van der Waals surface area contributed by atoms with E-state index in [2.05, 4.69) is 0 Å². The summed E-state index contributed by atoms with van der Waals surface area (Å²) in [7, 11) is -2.72. The molecular weight excluding hydrogens is 457 g/mol. The number of hydrogen-bond acceptors (Lipinski definition) is 7. The predicted octanol–water partition coefficient (Wildman–Crippen LogP) is 3.41. The Morgan fingerprint density at radius 1 is 1.30 bits per heavy atom. The van der Waals surface area contributed by atoms with E-state index in [0.29, 0.717) is 0 Å². The Bertz CT molecular complexity index is 1140. The van der Waals surface area contributed by atoms with Crippen molar-refractivity contribution in [2.45, 2.75) is 24.8 Å². The van der Waals surface area contributed by atoms with Crippen LogP contribution in [0.4, 0.5) is 20.6 Å². The second kappa shape index (κ2) is 9.61. The van der Waals surface area contributed by atoms with Crippen molar-refractivity contribution >= 4 is 27.5 Å². The summed E-state index contributed by atoms with van der Waals surface area (Å²) in [6, 6.07) is 7.86. The largest absolute Gasteiger partial charge is 0.484 e. The minimum atomic E-state index is -4.22. The minimum Gasteiger partial charge on any atom is -0.484 e. The molecule has 0 saturated heterocycles. The Hall–Kier alpha value is -3.41. The molecule has 0 radical (unpaired) electrons. The van der Waals surface area contributed by atoms with Crippen LogP contribution in [0, 0.1) is 21.8 Å². The molecule has 0 spiro atoms. The average Bonchev–Trinajstić information content (AvgIpc) is 2.76. The predicted molar refractivity (Wildman–Crippen MR) is 117 cm³/mol. The zero-order chi connectivity index (χ0) is 24.3. The highest BCUT2D eigenvalue weighted by Gasteiger charge is 2.36. The van der Waals surface area contributed by atoms with Crippen LogP contribution in [0.2, 0.25) is 0 Å². The SMILES string of the molecule is CC(C)COC(=O)N(C)CC1CN(S(=O)(=O)c2ccc(F)cc2)c2cc([N+](=O)[O-])ccc2O1. The fourth-order valence-corrected chi connectivity index (χ4v) is 4.70. The molecule has 0 fully saturated rings. The number of ether oxygens (including phenoxy) is 2. The number of halogens is 1. The maximum absolute atomic E-state index is 13.4. The highest BCUT2D eigenvalue weighted by atomic mass is 32.2. The van der Waals surface area contributed by atoms with E-state index in [0.717, 1.165) is 34.6 Å². The van der Waals surface area contributed by atoms with Gasteiger partial charge in [-0.3, -0.25) is 14.4 Å². The number of amides is 1. The van der Waals surface area contributed by atoms with Crippen LogP contribution in [-0.2, 0) is 14.8 Å². The minimum absolute atomic E-state index is 0.00277. The van der Waals surface area contributed by atoms with Crippen LogP contribution in [0.25, 0.3) is 0 Å². The van der Waals surface area contributed by atoms with Gasteiger partial charge in [-0.2, -0.15) is 0 Å². The second-order valence-corrected chi connectivity index (χ2v) is 9.85. The zero-order valence-electron chi connectivity index (χ0n) is 18.3. The van der Waals surface area contributed by atoms with Gasteiger partial charge in [0.15, 0.2) is 0 Å². The number of carbonyl (C=O) groups excluding carboxylic acids is 1. The fraction of sp³-hybridized carbons (Fsp3) is 0.381. The number of nitrogens with zero attached hydrogens (tertiary/aromatic N) is 3. The highest BCUT2D eigenvalue weighted by molar-refractivity contribution is 7.92. The van der Waals surface area contributed by atoms with Gasteiger partial charge >= 0.3 is 6.09 Å². The molecule has 178 valence electrons. The molecule has 10 nitrogen and oxygen atoms in total. The van der Waals surface area contributed by atoms with Crippen LogP contribution in [0.3, 0.4) is 0 Å². The molecule has 0 aromatic heterocycles. The number of rotatable bonds is 7. The van der Waals surface area contributed by atoms with E-state index in [9.17, 15) is 27.7 Å². The van der Waals surface area contributed by atoms with Crippen molar-refractivity contribution in [3.05, 3.63) is 58.4 Å². The van der Waals surface area contributed by atoms with Gasteiger partial charge in [0.25, 0.3) is 15.7 Å². The second-order valence-electron chi connectivity index (χ2n) is 7.99. The van der Waals surface area contributed by atoms with Crippen LogP contribution < -0.4 is 9.04 Å². The third-order valence-corrected chi connectivity index (χ3v) is 6.61. The summed E-state index contributed by atoms with van der Waals surface area (Å²) in [5, 5.41) is 11.2. The Labute approximate surface area is 190 Å². The van der Waals surface area contributed by atoms with Gasteiger partial charge in [0.05, 0.1) is 29.5 Å². The molecule has 33 heavy (non-hydrogen) atoms. The molecule has 1 aliphatic heterocycles. The van der Waals surface area contributed by atoms with Gasteiger partial charge in [-0.25, -0.2) is 17.6 Å². The van der Waals surface area contributed by atoms with E-state index in [1.165, 1.54) is 24.1 Å². The average molecular weight is 482 g/mol. The number of benzene rings is 2. The van der Waals surface area contributed by atoms with Crippen molar-refractivity contribution in [1.82, 2.24) is 4.90 Å². The van der Waals surface area contributed by atoms with Gasteiger partial charge in [-0.05, 0) is 36.2 Å². The zero-order valence-corrected chi connectivity index (χ0v) is 19.1. The molecule has 12 heteroatoms. The van der Waals surface area contributed by atoms with Crippen LogP contribution in [0.1, 0.15) is 13.8 Å². The quantitative estimate of drug-likeness (QED) is 0.439. The highest BCUT2D eigenvalue weighted by Crippen LogP contribution is 2.39. The number of likely N-dealkylation sites (N-methyl/N-ethyl adjacent to an activating group) is 1. The summed E-state index contributed by atoms with van der Waals surface area (Å²) in [5.41, 5.74) is -0.334. The van der Waals surface area contributed by atoms with Crippen molar-refractivity contribution in [1.29, 1.82) is 0 Å². The molecule has 3 rings (SSSR count). The summed E-state index contributed by atoms with van der Waals surface area (Å²) < 4.78 is 52.1. The lowest BCUT2D eigenvalue weighted by molar-refractivity contribution is -0.384. The van der Waals surface area contributed by atoms with Crippen LogP contribution in [-0.4, -0.2) is 57.2 Å². The first-order valence-corrected chi connectivity index (χ1v) is 11.5. The molecule has 2 aromatic rings. The van der Waals surface area contributed by atoms with Crippen molar-refractivity contribution in [2.24, 2.45) is 5.92 Å². The summed E-state index contributed by atoms with van der Waals surface area (Å²) >= 11 is 0. The molecule has 0 N–H and O–H groups in total. The maximum atomic E-state index is 13.4. The van der Waals surface area contributed by atoms with Crippen LogP contribution in [0.15, 0.2) is 47.4 Å². The summed E-state index contributed by atoms with van der Waals surface area (Å²) in [6.45, 7) is 3.79. The van der Waals surface area contributed by atoms with E-state index in [1.54, 1.807) is 0 Å². The number of fused-ring (bicyclic) bond motifs is 1. The summed E-state index contributed by atoms with van der Waals surface area (Å²) in [4.78, 5) is 23.9. The number of carbonyl (C=O) groups is 1. The first-order chi connectivity index (χ1) is 15.5.